The molecule has 0 fully saturated rings. The van der Waals surface area contributed by atoms with Crippen molar-refractivity contribution in [2.75, 3.05) is 0 Å². The van der Waals surface area contributed by atoms with Crippen molar-refractivity contribution in [3.05, 3.63) is 34.9 Å². The van der Waals surface area contributed by atoms with E-state index >= 15 is 0 Å². The molecule has 0 heterocycles. The van der Waals surface area contributed by atoms with Crippen molar-refractivity contribution in [2.24, 2.45) is 0 Å². The van der Waals surface area contributed by atoms with E-state index in [1.165, 1.54) is 16.7 Å². The molecule has 0 bridgehead atoms. The first kappa shape index (κ1) is 17.1. The molecular formula is C15H23ClZn. The molecular weight excluding hydrogens is 281 g/mol. The van der Waals surface area contributed by atoms with Crippen molar-refractivity contribution in [2.45, 2.75) is 59.3 Å². The summed E-state index contributed by atoms with van der Waals surface area (Å²) in [5, 5.41) is 0. The van der Waals surface area contributed by atoms with Crippen LogP contribution in [0, 0.1) is 6.07 Å². The molecule has 0 spiro atoms. The van der Waals surface area contributed by atoms with Crippen LogP contribution in [0.25, 0.3) is 0 Å². The Hall–Kier alpha value is 0.133. The van der Waals surface area contributed by atoms with Gasteiger partial charge in [0.1, 0.15) is 0 Å². The van der Waals surface area contributed by atoms with E-state index in [0.29, 0.717) is 17.8 Å². The molecule has 0 aliphatic rings. The Morgan fingerprint density at radius 1 is 0.824 bits per heavy atom. The molecule has 0 aromatic heterocycles. The van der Waals surface area contributed by atoms with Gasteiger partial charge in [0.2, 0.25) is 0 Å². The first-order valence-electron chi connectivity index (χ1n) is 6.25. The summed E-state index contributed by atoms with van der Waals surface area (Å²) in [5.74, 6) is 1.75. The number of hydrogen-bond donors (Lipinski definition) is 0. The SMILES string of the molecule is CC(C)c1[c-]c(C(C)C)cc(C(C)C)c1.[Cl][Zn+]. The van der Waals surface area contributed by atoms with E-state index in [-0.39, 0.29) is 0 Å². The minimum atomic E-state index is 0.571. The van der Waals surface area contributed by atoms with Gasteiger partial charge in [-0.15, -0.1) is 0 Å². The number of halogens is 1. The van der Waals surface area contributed by atoms with E-state index in [9.17, 15) is 0 Å². The third-order valence-corrected chi connectivity index (χ3v) is 2.84. The minimum absolute atomic E-state index is 0.571. The molecule has 0 aliphatic heterocycles. The van der Waals surface area contributed by atoms with Crippen molar-refractivity contribution in [3.63, 3.8) is 0 Å². The van der Waals surface area contributed by atoms with E-state index in [1.807, 2.05) is 0 Å². The quantitative estimate of drug-likeness (QED) is 0.508. The first-order chi connectivity index (χ1) is 7.91. The van der Waals surface area contributed by atoms with E-state index in [4.69, 9.17) is 9.69 Å². The molecule has 0 N–H and O–H groups in total. The molecule has 0 amide bonds. The zero-order valence-corrected chi connectivity index (χ0v) is 15.7. The number of hydrogen-bond acceptors (Lipinski definition) is 0. The summed E-state index contributed by atoms with van der Waals surface area (Å²) in [5.41, 5.74) is 4.15. The van der Waals surface area contributed by atoms with Crippen LogP contribution >= 0.6 is 9.69 Å². The molecule has 0 saturated heterocycles. The Kier molecular flexibility index (Phi) is 8.34. The van der Waals surface area contributed by atoms with E-state index in [1.54, 1.807) is 0 Å². The van der Waals surface area contributed by atoms with Crippen molar-refractivity contribution >= 4 is 9.69 Å². The molecule has 92 valence electrons. The van der Waals surface area contributed by atoms with Crippen LogP contribution < -0.4 is 0 Å². The molecule has 0 nitrogen and oxygen atoms in total. The molecule has 1 rings (SSSR count). The van der Waals surface area contributed by atoms with Crippen LogP contribution in [0.5, 0.6) is 0 Å². The third kappa shape index (κ3) is 5.53. The molecule has 0 radical (unpaired) electrons. The summed E-state index contributed by atoms with van der Waals surface area (Å²) in [4.78, 5) is 0. The van der Waals surface area contributed by atoms with Crippen molar-refractivity contribution in [3.8, 4) is 0 Å². The van der Waals surface area contributed by atoms with Crippen LogP contribution in [0.15, 0.2) is 12.1 Å². The predicted octanol–water partition coefficient (Wildman–Crippen LogP) is 5.54. The molecule has 1 aromatic carbocycles. The molecule has 1 aromatic rings. The number of rotatable bonds is 3. The van der Waals surface area contributed by atoms with Crippen LogP contribution in [0.1, 0.15) is 76.0 Å². The second kappa shape index (κ2) is 8.27. The molecule has 0 atom stereocenters. The van der Waals surface area contributed by atoms with Gasteiger partial charge in [0.25, 0.3) is 0 Å². The topological polar surface area (TPSA) is 0 Å². The fourth-order valence-electron chi connectivity index (χ4n) is 1.59. The Morgan fingerprint density at radius 3 is 1.41 bits per heavy atom. The summed E-state index contributed by atoms with van der Waals surface area (Å²) in [6.07, 6.45) is 0. The summed E-state index contributed by atoms with van der Waals surface area (Å²) in [7, 11) is 4.76. The van der Waals surface area contributed by atoms with Crippen LogP contribution in [-0.2, 0) is 17.3 Å². The first-order valence-corrected chi connectivity index (χ1v) is 10.2. The van der Waals surface area contributed by atoms with Crippen molar-refractivity contribution < 1.29 is 17.3 Å². The molecule has 2 heteroatoms. The third-order valence-electron chi connectivity index (χ3n) is 2.84. The Balaban J connectivity index is 0.00000121. The second-order valence-electron chi connectivity index (χ2n) is 5.29. The van der Waals surface area contributed by atoms with Gasteiger partial charge in [-0.05, 0) is 17.8 Å². The van der Waals surface area contributed by atoms with Crippen molar-refractivity contribution in [1.29, 1.82) is 0 Å². The monoisotopic (exact) mass is 302 g/mol. The standard InChI is InChI=1S/C15H23.ClH.Zn/c1-10(2)13-7-14(11(3)4)9-15(8-13)12(5)6;;/h7-8,10-12H,1-6H3;1H;/q-1;;+2/p-1. The zero-order valence-electron chi connectivity index (χ0n) is 12.0. The number of benzene rings is 1. The Bertz CT molecular complexity index is 265. The molecule has 0 unspecified atom stereocenters. The van der Waals surface area contributed by atoms with Gasteiger partial charge >= 0.3 is 27.0 Å². The van der Waals surface area contributed by atoms with Crippen molar-refractivity contribution in [1.82, 2.24) is 0 Å². The van der Waals surface area contributed by atoms with Gasteiger partial charge < -0.3 is 0 Å². The average molecular weight is 304 g/mol. The summed E-state index contributed by atoms with van der Waals surface area (Å²) in [6.45, 7) is 13.5. The van der Waals surface area contributed by atoms with Crippen LogP contribution in [0.2, 0.25) is 0 Å². The fourth-order valence-corrected chi connectivity index (χ4v) is 1.59. The maximum atomic E-state index is 4.76. The Labute approximate surface area is 121 Å². The Morgan fingerprint density at radius 2 is 1.18 bits per heavy atom. The van der Waals surface area contributed by atoms with Crippen LogP contribution in [0.4, 0.5) is 0 Å². The van der Waals surface area contributed by atoms with E-state index in [0.717, 1.165) is 17.3 Å². The summed E-state index contributed by atoms with van der Waals surface area (Å²) in [6, 6.07) is 8.15. The summed E-state index contributed by atoms with van der Waals surface area (Å²) < 4.78 is 0. The van der Waals surface area contributed by atoms with Gasteiger partial charge in [0.15, 0.2) is 0 Å². The van der Waals surface area contributed by atoms with Gasteiger partial charge in [-0.2, -0.15) is 34.9 Å². The van der Waals surface area contributed by atoms with Crippen LogP contribution in [-0.4, -0.2) is 0 Å². The molecule has 0 saturated carbocycles. The van der Waals surface area contributed by atoms with E-state index < -0.39 is 0 Å². The van der Waals surface area contributed by atoms with Gasteiger partial charge in [0.05, 0.1) is 0 Å². The second-order valence-corrected chi connectivity index (χ2v) is 5.29. The van der Waals surface area contributed by atoms with Gasteiger partial charge in [-0.25, -0.2) is 0 Å². The zero-order chi connectivity index (χ0) is 13.6. The normalized spacial score (nSPS) is 10.8. The van der Waals surface area contributed by atoms with Gasteiger partial charge in [0, 0.05) is 0 Å². The van der Waals surface area contributed by atoms with Crippen LogP contribution in [0.3, 0.4) is 0 Å². The maximum absolute atomic E-state index is 4.76. The predicted molar refractivity (Wildman–Crippen MR) is 73.4 cm³/mol. The van der Waals surface area contributed by atoms with E-state index in [2.05, 4.69) is 59.7 Å². The fraction of sp³-hybridized carbons (Fsp3) is 0.600. The van der Waals surface area contributed by atoms with Gasteiger partial charge in [-0.3, -0.25) is 0 Å². The molecule has 0 aliphatic carbocycles. The summed E-state index contributed by atoms with van der Waals surface area (Å²) >= 11 is 0.847. The average Bonchev–Trinajstić information content (AvgIpc) is 2.30. The van der Waals surface area contributed by atoms with Gasteiger partial charge in [-0.1, -0.05) is 41.5 Å². The molecule has 17 heavy (non-hydrogen) atoms.